The molecule has 2 amide bonds. The summed E-state index contributed by atoms with van der Waals surface area (Å²) in [6, 6.07) is 3.25. The minimum atomic E-state index is -1.30. The highest BCUT2D eigenvalue weighted by molar-refractivity contribution is 7.85. The fourth-order valence-corrected chi connectivity index (χ4v) is 5.15. The monoisotopic (exact) mass is 443 g/mol. The predicted octanol–water partition coefficient (Wildman–Crippen LogP) is 3.58. The molecule has 166 valence electrons. The summed E-state index contributed by atoms with van der Waals surface area (Å²) >= 11 is 0. The van der Waals surface area contributed by atoms with Crippen molar-refractivity contribution in [3.8, 4) is 0 Å². The van der Waals surface area contributed by atoms with Gasteiger partial charge < -0.3 is 10.4 Å². The Hall–Kier alpha value is -2.36. The molecule has 0 spiro atoms. The maximum Gasteiger partial charge on any atom is 0.352 e. The molecule has 0 bridgehead atoms. The molecule has 9 heteroatoms. The van der Waals surface area contributed by atoms with Crippen molar-refractivity contribution in [2.24, 2.45) is 9.50 Å². The first-order valence-electron chi connectivity index (χ1n) is 10.6. The summed E-state index contributed by atoms with van der Waals surface area (Å²) < 4.78 is 5.80. The summed E-state index contributed by atoms with van der Waals surface area (Å²) in [7, 11) is -1.30. The van der Waals surface area contributed by atoms with Crippen LogP contribution in [0.25, 0.3) is 0 Å². The highest BCUT2D eigenvalue weighted by Gasteiger charge is 2.30. The van der Waals surface area contributed by atoms with Crippen LogP contribution in [0.1, 0.15) is 79.3 Å². The summed E-state index contributed by atoms with van der Waals surface area (Å²) in [4.78, 5) is 25.2. The number of hydrogen-bond acceptors (Lipinski definition) is 4. The number of nitrogens with one attached hydrogen (secondary N) is 1. The average molecular weight is 444 g/mol. The average Bonchev–Trinajstić information content (AvgIpc) is 3.39. The molecule has 0 aliphatic heterocycles. The normalized spacial score (nSPS) is 16.7. The summed E-state index contributed by atoms with van der Waals surface area (Å²) in [5, 5.41) is 24.4. The lowest BCUT2D eigenvalue weighted by Gasteiger charge is -2.20. The van der Waals surface area contributed by atoms with E-state index in [1.54, 1.807) is 24.6 Å². The van der Waals surface area contributed by atoms with E-state index in [1.165, 1.54) is 5.56 Å². The fraction of sp³-hybridized carbons (Fsp3) is 0.500. The van der Waals surface area contributed by atoms with Crippen LogP contribution >= 0.6 is 0 Å². The molecule has 1 atom stereocenters. The first-order chi connectivity index (χ1) is 14.6. The third-order valence-corrected chi connectivity index (χ3v) is 6.83. The van der Waals surface area contributed by atoms with Gasteiger partial charge in [-0.25, -0.2) is 4.79 Å². The molecule has 4 N–H and O–H groups in total. The Morgan fingerprint density at radius 1 is 1.26 bits per heavy atom. The Morgan fingerprint density at radius 3 is 2.65 bits per heavy atom. The van der Waals surface area contributed by atoms with Crippen LogP contribution in [0.2, 0.25) is 0 Å². The third kappa shape index (κ3) is 4.09. The molecule has 8 nitrogen and oxygen atoms in total. The Kier molecular flexibility index (Phi) is 5.61. The SMILES string of the molecule is CC(C)n1nc(S(N)=NC(=O)Nc2c3c(cc4c2C(=O)CC4)CCC3)cc1C(C)(C)O. The number of hydrogen-bond donors (Lipinski definition) is 3. The zero-order valence-electron chi connectivity index (χ0n) is 18.4. The number of aromatic nitrogens is 2. The Labute approximate surface area is 184 Å². The molecule has 0 fully saturated rings. The molecule has 2 aliphatic carbocycles. The van der Waals surface area contributed by atoms with E-state index >= 15 is 0 Å². The van der Waals surface area contributed by atoms with E-state index < -0.39 is 22.5 Å². The number of fused-ring (bicyclic) bond motifs is 2. The van der Waals surface area contributed by atoms with Gasteiger partial charge in [0.1, 0.15) is 10.6 Å². The van der Waals surface area contributed by atoms with Crippen molar-refractivity contribution in [1.82, 2.24) is 9.78 Å². The first-order valence-corrected chi connectivity index (χ1v) is 11.9. The minimum absolute atomic E-state index is 0.0153. The second-order valence-corrected chi connectivity index (χ2v) is 10.2. The third-order valence-electron chi connectivity index (χ3n) is 5.84. The fourth-order valence-electron chi connectivity index (χ4n) is 4.42. The summed E-state index contributed by atoms with van der Waals surface area (Å²) in [6.07, 6.45) is 4.01. The lowest BCUT2D eigenvalue weighted by Crippen LogP contribution is -2.22. The van der Waals surface area contributed by atoms with Crippen LogP contribution in [0.5, 0.6) is 0 Å². The lowest BCUT2D eigenvalue weighted by atomic mass is 9.98. The molecule has 1 heterocycles. The van der Waals surface area contributed by atoms with Crippen LogP contribution in [0.3, 0.4) is 0 Å². The zero-order valence-corrected chi connectivity index (χ0v) is 19.2. The van der Waals surface area contributed by atoms with Gasteiger partial charge in [-0.05, 0) is 76.1 Å². The number of urea groups is 1. The standard InChI is InChI=1S/C22H29N5O3S/c1-12(2)27-17(22(3,4)30)11-18(25-27)31(23)26-21(29)24-20-15-7-5-6-13(15)10-14-8-9-16(28)19(14)20/h10-12,30H,5-9H2,1-4H3,(H3,23,24,26,29). The maximum atomic E-state index is 12.8. The summed E-state index contributed by atoms with van der Waals surface area (Å²) in [5.41, 5.74) is 4.02. The van der Waals surface area contributed by atoms with E-state index in [0.29, 0.717) is 28.4 Å². The van der Waals surface area contributed by atoms with Crippen LogP contribution in [0, 0.1) is 0 Å². The number of rotatable bonds is 4. The van der Waals surface area contributed by atoms with Gasteiger partial charge in [0.15, 0.2) is 5.78 Å². The molecule has 4 rings (SSSR count). The van der Waals surface area contributed by atoms with Crippen LogP contribution in [0.4, 0.5) is 10.5 Å². The number of Topliss-reactive ketones (excluding diaryl/α,β-unsaturated/α-hetero) is 1. The van der Waals surface area contributed by atoms with Crippen LogP contribution < -0.4 is 10.5 Å². The van der Waals surface area contributed by atoms with Crippen LogP contribution in [-0.2, 0) is 35.7 Å². The second-order valence-electron chi connectivity index (χ2n) is 9.00. The largest absolute Gasteiger partial charge is 0.384 e. The first kappa shape index (κ1) is 21.9. The Bertz CT molecular complexity index is 1110. The van der Waals surface area contributed by atoms with Gasteiger partial charge in [-0.2, -0.15) is 5.10 Å². The number of aryl methyl sites for hydroxylation is 2. The van der Waals surface area contributed by atoms with Gasteiger partial charge in [0.05, 0.1) is 11.4 Å². The molecule has 2 aromatic rings. The van der Waals surface area contributed by atoms with E-state index in [4.69, 9.17) is 5.14 Å². The van der Waals surface area contributed by atoms with Gasteiger partial charge >= 0.3 is 6.03 Å². The summed E-state index contributed by atoms with van der Waals surface area (Å²) in [5.74, 6) is 0.0669. The molecular formula is C22H29N5O3S. The predicted molar refractivity (Wildman–Crippen MR) is 120 cm³/mol. The highest BCUT2D eigenvalue weighted by Crippen LogP contribution is 2.38. The van der Waals surface area contributed by atoms with Gasteiger partial charge in [-0.15, -0.1) is 4.36 Å². The van der Waals surface area contributed by atoms with Gasteiger partial charge in [0.2, 0.25) is 0 Å². The van der Waals surface area contributed by atoms with Crippen molar-refractivity contribution < 1.29 is 14.7 Å². The number of benzene rings is 1. The number of nitrogens with zero attached hydrogens (tertiary/aromatic N) is 3. The highest BCUT2D eigenvalue weighted by atomic mass is 32.2. The van der Waals surface area contributed by atoms with Gasteiger partial charge in [0.25, 0.3) is 0 Å². The molecule has 0 radical (unpaired) electrons. The van der Waals surface area contributed by atoms with Crippen molar-refractivity contribution in [3.63, 3.8) is 0 Å². The van der Waals surface area contributed by atoms with E-state index in [0.717, 1.165) is 36.8 Å². The molecule has 1 aromatic heterocycles. The van der Waals surface area contributed by atoms with E-state index in [-0.39, 0.29) is 11.8 Å². The molecule has 0 saturated heterocycles. The van der Waals surface area contributed by atoms with Crippen molar-refractivity contribution in [2.75, 3.05) is 5.32 Å². The summed E-state index contributed by atoms with van der Waals surface area (Å²) in [6.45, 7) is 7.27. The molecular weight excluding hydrogens is 414 g/mol. The molecule has 2 aliphatic rings. The van der Waals surface area contributed by atoms with Crippen molar-refractivity contribution in [1.29, 1.82) is 0 Å². The van der Waals surface area contributed by atoms with Crippen molar-refractivity contribution >= 4 is 28.4 Å². The number of aliphatic hydroxyl groups is 1. The van der Waals surface area contributed by atoms with Crippen molar-refractivity contribution in [2.45, 2.75) is 76.5 Å². The smallest absolute Gasteiger partial charge is 0.352 e. The number of nitrogens with two attached hydrogens (primary N) is 1. The number of carbonyl (C=O) groups excluding carboxylic acids is 2. The van der Waals surface area contributed by atoms with Gasteiger partial charge in [-0.1, -0.05) is 6.07 Å². The Morgan fingerprint density at radius 2 is 2.00 bits per heavy atom. The number of anilines is 1. The number of amides is 2. The number of ketones is 1. The lowest BCUT2D eigenvalue weighted by molar-refractivity contribution is 0.0669. The number of carbonyl (C=O) groups is 2. The molecule has 1 unspecified atom stereocenters. The zero-order chi connectivity index (χ0) is 22.5. The molecule has 31 heavy (non-hydrogen) atoms. The van der Waals surface area contributed by atoms with E-state index in [2.05, 4.69) is 20.8 Å². The molecule has 0 saturated carbocycles. The topological polar surface area (TPSA) is 123 Å². The quantitative estimate of drug-likeness (QED) is 0.667. The van der Waals surface area contributed by atoms with Gasteiger partial charge in [-0.3, -0.25) is 14.6 Å². The minimum Gasteiger partial charge on any atom is -0.384 e. The van der Waals surface area contributed by atoms with Crippen LogP contribution in [0.15, 0.2) is 21.5 Å². The van der Waals surface area contributed by atoms with Crippen LogP contribution in [-0.4, -0.2) is 26.7 Å². The van der Waals surface area contributed by atoms with Crippen molar-refractivity contribution in [3.05, 3.63) is 40.1 Å². The molecule has 1 aromatic carbocycles. The van der Waals surface area contributed by atoms with E-state index in [1.807, 2.05) is 13.8 Å². The van der Waals surface area contributed by atoms with E-state index in [9.17, 15) is 14.7 Å². The Balaban J connectivity index is 1.65. The maximum absolute atomic E-state index is 12.8. The van der Waals surface area contributed by atoms with Gasteiger partial charge in [0, 0.05) is 28.9 Å². The second kappa shape index (κ2) is 7.96.